The molecule has 0 unspecified atom stereocenters. The van der Waals surface area contributed by atoms with Gasteiger partial charge in [0.2, 0.25) is 5.89 Å². The highest BCUT2D eigenvalue weighted by Gasteiger charge is 2.07. The summed E-state index contributed by atoms with van der Waals surface area (Å²) < 4.78 is 5.60. The number of aromatic nitrogens is 3. The second-order valence-corrected chi connectivity index (χ2v) is 6.76. The van der Waals surface area contributed by atoms with Crippen LogP contribution in [0.3, 0.4) is 0 Å². The van der Waals surface area contributed by atoms with E-state index in [0.29, 0.717) is 12.4 Å². The molecule has 8 heteroatoms. The number of hydrogen-bond donors (Lipinski definition) is 3. The van der Waals surface area contributed by atoms with E-state index in [0.717, 1.165) is 48.8 Å². The van der Waals surface area contributed by atoms with Crippen molar-refractivity contribution in [2.24, 2.45) is 4.99 Å². The van der Waals surface area contributed by atoms with E-state index < -0.39 is 0 Å². The molecular formula is C21H29IN6O. The maximum atomic E-state index is 5.60. The molecule has 0 aliphatic heterocycles. The average Bonchev–Trinajstić information content (AvgIpc) is 3.33. The third-order valence-electron chi connectivity index (χ3n) is 4.44. The molecule has 0 spiro atoms. The van der Waals surface area contributed by atoms with Crippen molar-refractivity contribution in [1.82, 2.24) is 25.8 Å². The standard InChI is InChI=1S/C21H28N6O.HI/c1-4-22-21(23-11-5-6-18-12-25-27-16(18)3)24-13-19-14-28-20(26-19)17-9-7-15(2)8-10-17;/h7-10,12,14H,4-6,11,13H2,1-3H3,(H,25,27)(H2,22,23,24);1H. The van der Waals surface area contributed by atoms with Gasteiger partial charge in [-0.25, -0.2) is 9.98 Å². The number of aryl methyl sites for hydroxylation is 3. The van der Waals surface area contributed by atoms with Gasteiger partial charge in [0.25, 0.3) is 0 Å². The minimum Gasteiger partial charge on any atom is -0.444 e. The molecule has 0 saturated heterocycles. The molecule has 2 aromatic heterocycles. The molecule has 156 valence electrons. The number of oxazole rings is 1. The Morgan fingerprint density at radius 3 is 2.66 bits per heavy atom. The highest BCUT2D eigenvalue weighted by Crippen LogP contribution is 2.19. The Balaban J connectivity index is 0.00000300. The fourth-order valence-electron chi connectivity index (χ4n) is 2.82. The third-order valence-corrected chi connectivity index (χ3v) is 4.44. The van der Waals surface area contributed by atoms with Crippen LogP contribution >= 0.6 is 24.0 Å². The minimum absolute atomic E-state index is 0. The largest absolute Gasteiger partial charge is 0.444 e. The first kappa shape index (κ1) is 22.9. The van der Waals surface area contributed by atoms with E-state index in [1.54, 1.807) is 6.26 Å². The van der Waals surface area contributed by atoms with Crippen LogP contribution in [0.25, 0.3) is 11.5 Å². The Hall–Kier alpha value is -2.36. The van der Waals surface area contributed by atoms with Crippen molar-refractivity contribution in [2.45, 2.75) is 40.2 Å². The number of nitrogens with one attached hydrogen (secondary N) is 3. The number of guanidine groups is 1. The summed E-state index contributed by atoms with van der Waals surface area (Å²) >= 11 is 0. The zero-order valence-electron chi connectivity index (χ0n) is 17.2. The van der Waals surface area contributed by atoms with Crippen LogP contribution in [0.5, 0.6) is 0 Å². The fraction of sp³-hybridized carbons (Fsp3) is 0.381. The molecule has 3 rings (SSSR count). The zero-order valence-corrected chi connectivity index (χ0v) is 19.5. The first-order valence-electron chi connectivity index (χ1n) is 9.68. The smallest absolute Gasteiger partial charge is 0.226 e. The zero-order chi connectivity index (χ0) is 19.8. The number of H-pyrrole nitrogens is 1. The Morgan fingerprint density at radius 1 is 1.17 bits per heavy atom. The molecule has 0 bridgehead atoms. The topological polar surface area (TPSA) is 91.1 Å². The molecule has 2 heterocycles. The second-order valence-electron chi connectivity index (χ2n) is 6.76. The highest BCUT2D eigenvalue weighted by molar-refractivity contribution is 14.0. The van der Waals surface area contributed by atoms with Gasteiger partial charge in [0.1, 0.15) is 12.0 Å². The van der Waals surface area contributed by atoms with Crippen molar-refractivity contribution < 1.29 is 4.42 Å². The number of halogens is 1. The number of nitrogens with zero attached hydrogens (tertiary/aromatic N) is 3. The average molecular weight is 508 g/mol. The van der Waals surface area contributed by atoms with Gasteiger partial charge >= 0.3 is 0 Å². The van der Waals surface area contributed by atoms with Gasteiger partial charge in [-0.05, 0) is 51.3 Å². The van der Waals surface area contributed by atoms with E-state index in [9.17, 15) is 0 Å². The summed E-state index contributed by atoms with van der Waals surface area (Å²) in [5.74, 6) is 1.41. The lowest BCUT2D eigenvalue weighted by molar-refractivity contribution is 0.572. The molecule has 29 heavy (non-hydrogen) atoms. The minimum atomic E-state index is 0. The van der Waals surface area contributed by atoms with Crippen molar-refractivity contribution in [3.8, 4) is 11.5 Å². The summed E-state index contributed by atoms with van der Waals surface area (Å²) in [7, 11) is 0. The van der Waals surface area contributed by atoms with Crippen LogP contribution in [-0.2, 0) is 13.0 Å². The van der Waals surface area contributed by atoms with Gasteiger partial charge in [0.05, 0.1) is 12.7 Å². The van der Waals surface area contributed by atoms with Gasteiger partial charge in [-0.1, -0.05) is 17.7 Å². The maximum Gasteiger partial charge on any atom is 0.226 e. The lowest BCUT2D eigenvalue weighted by atomic mass is 10.1. The van der Waals surface area contributed by atoms with Crippen molar-refractivity contribution in [3.63, 3.8) is 0 Å². The van der Waals surface area contributed by atoms with E-state index in [1.807, 2.05) is 25.3 Å². The predicted molar refractivity (Wildman–Crippen MR) is 127 cm³/mol. The van der Waals surface area contributed by atoms with Gasteiger partial charge < -0.3 is 15.1 Å². The van der Waals surface area contributed by atoms with Gasteiger partial charge in [-0.2, -0.15) is 5.10 Å². The lowest BCUT2D eigenvalue weighted by Gasteiger charge is -2.10. The number of aromatic amines is 1. The molecule has 0 atom stereocenters. The molecule has 0 fully saturated rings. The number of aliphatic imine (C=N–C) groups is 1. The van der Waals surface area contributed by atoms with Crippen molar-refractivity contribution in [2.75, 3.05) is 13.1 Å². The highest BCUT2D eigenvalue weighted by atomic mass is 127. The Bertz CT molecular complexity index is 900. The van der Waals surface area contributed by atoms with Crippen LogP contribution < -0.4 is 10.6 Å². The van der Waals surface area contributed by atoms with Gasteiger partial charge in [0.15, 0.2) is 5.96 Å². The van der Waals surface area contributed by atoms with E-state index in [1.165, 1.54) is 11.1 Å². The van der Waals surface area contributed by atoms with Gasteiger partial charge in [-0.3, -0.25) is 5.10 Å². The Kier molecular flexibility index (Phi) is 9.17. The molecule has 0 amide bonds. The molecule has 3 aromatic rings. The maximum absolute atomic E-state index is 5.60. The number of hydrogen-bond acceptors (Lipinski definition) is 4. The fourth-order valence-corrected chi connectivity index (χ4v) is 2.82. The van der Waals surface area contributed by atoms with E-state index in [-0.39, 0.29) is 24.0 Å². The molecule has 3 N–H and O–H groups in total. The summed E-state index contributed by atoms with van der Waals surface area (Å²) in [4.78, 5) is 9.15. The first-order chi connectivity index (χ1) is 13.7. The van der Waals surface area contributed by atoms with Crippen molar-refractivity contribution in [3.05, 3.63) is 59.2 Å². The summed E-state index contributed by atoms with van der Waals surface area (Å²) in [6.45, 7) is 8.27. The molecule has 0 radical (unpaired) electrons. The SMILES string of the molecule is CCNC(=NCc1coc(-c2ccc(C)cc2)n1)NCCCc1cn[nH]c1C.I. The van der Waals surface area contributed by atoms with Crippen LogP contribution in [0, 0.1) is 13.8 Å². The molecule has 0 aliphatic carbocycles. The quantitative estimate of drug-likeness (QED) is 0.185. The molecule has 7 nitrogen and oxygen atoms in total. The third kappa shape index (κ3) is 6.88. The van der Waals surface area contributed by atoms with Crippen LogP contribution in [-0.4, -0.2) is 34.2 Å². The van der Waals surface area contributed by atoms with E-state index >= 15 is 0 Å². The Morgan fingerprint density at radius 2 is 1.97 bits per heavy atom. The van der Waals surface area contributed by atoms with Crippen LogP contribution in [0.4, 0.5) is 0 Å². The first-order valence-corrected chi connectivity index (χ1v) is 9.68. The van der Waals surface area contributed by atoms with Crippen LogP contribution in [0.1, 0.15) is 35.9 Å². The lowest BCUT2D eigenvalue weighted by Crippen LogP contribution is -2.37. The van der Waals surface area contributed by atoms with Crippen molar-refractivity contribution >= 4 is 29.9 Å². The predicted octanol–water partition coefficient (Wildman–Crippen LogP) is 3.99. The molecule has 0 saturated carbocycles. The van der Waals surface area contributed by atoms with Crippen LogP contribution in [0.15, 0.2) is 46.1 Å². The summed E-state index contributed by atoms with van der Waals surface area (Å²) in [6.07, 6.45) is 5.55. The van der Waals surface area contributed by atoms with Gasteiger partial charge in [-0.15, -0.1) is 24.0 Å². The normalized spacial score (nSPS) is 11.2. The summed E-state index contributed by atoms with van der Waals surface area (Å²) in [5.41, 5.74) is 5.39. The number of benzene rings is 1. The molecular weight excluding hydrogens is 479 g/mol. The molecule has 1 aromatic carbocycles. The van der Waals surface area contributed by atoms with E-state index in [4.69, 9.17) is 4.42 Å². The van der Waals surface area contributed by atoms with Crippen molar-refractivity contribution in [1.29, 1.82) is 0 Å². The van der Waals surface area contributed by atoms with E-state index in [2.05, 4.69) is 56.8 Å². The van der Waals surface area contributed by atoms with Crippen LogP contribution in [0.2, 0.25) is 0 Å². The summed E-state index contributed by atoms with van der Waals surface area (Å²) in [5, 5.41) is 13.7. The Labute approximate surface area is 188 Å². The second kappa shape index (κ2) is 11.6. The van der Waals surface area contributed by atoms with Gasteiger partial charge in [0, 0.05) is 24.3 Å². The summed E-state index contributed by atoms with van der Waals surface area (Å²) in [6, 6.07) is 8.13. The molecule has 0 aliphatic rings. The number of rotatable bonds is 8. The monoisotopic (exact) mass is 508 g/mol.